The Bertz CT molecular complexity index is 1020. The molecule has 0 saturated carbocycles. The average molecular weight is 404 g/mol. The summed E-state index contributed by atoms with van der Waals surface area (Å²) in [7, 11) is 1.64. The van der Waals surface area contributed by atoms with Crippen molar-refractivity contribution in [3.63, 3.8) is 0 Å². The normalized spacial score (nSPS) is 12.3. The SMILES string of the molecule is COc1ccc(C(NC(=O)/C=C/c2c(C)nn(-c3ccccc3)c2C)C(C)C)cc1. The zero-order valence-corrected chi connectivity index (χ0v) is 18.2. The van der Waals surface area contributed by atoms with Gasteiger partial charge in [0.05, 0.1) is 24.5 Å². The van der Waals surface area contributed by atoms with Crippen molar-refractivity contribution in [3.8, 4) is 11.4 Å². The maximum absolute atomic E-state index is 12.7. The third kappa shape index (κ3) is 4.79. The summed E-state index contributed by atoms with van der Waals surface area (Å²) in [5, 5.41) is 7.76. The fourth-order valence-electron chi connectivity index (χ4n) is 3.52. The first-order chi connectivity index (χ1) is 14.4. The van der Waals surface area contributed by atoms with E-state index in [1.165, 1.54) is 0 Å². The first-order valence-electron chi connectivity index (χ1n) is 10.1. The van der Waals surface area contributed by atoms with E-state index in [-0.39, 0.29) is 17.9 Å². The summed E-state index contributed by atoms with van der Waals surface area (Å²) in [5.74, 6) is 0.921. The third-order valence-corrected chi connectivity index (χ3v) is 5.19. The molecule has 0 aliphatic rings. The minimum Gasteiger partial charge on any atom is -0.497 e. The highest BCUT2D eigenvalue weighted by atomic mass is 16.5. The molecule has 5 heteroatoms. The molecule has 0 bridgehead atoms. The lowest BCUT2D eigenvalue weighted by Crippen LogP contribution is -2.30. The number of methoxy groups -OCH3 is 1. The number of carbonyl (C=O) groups is 1. The van der Waals surface area contributed by atoms with Gasteiger partial charge in [-0.25, -0.2) is 4.68 Å². The topological polar surface area (TPSA) is 56.1 Å². The predicted molar refractivity (Wildman–Crippen MR) is 121 cm³/mol. The maximum atomic E-state index is 12.7. The summed E-state index contributed by atoms with van der Waals surface area (Å²) in [4.78, 5) is 12.7. The molecule has 3 rings (SSSR count). The summed E-state index contributed by atoms with van der Waals surface area (Å²) in [6, 6.07) is 17.7. The van der Waals surface area contributed by atoms with Crippen LogP contribution in [0.25, 0.3) is 11.8 Å². The van der Waals surface area contributed by atoms with Crippen LogP contribution in [0.5, 0.6) is 5.75 Å². The van der Waals surface area contributed by atoms with Crippen molar-refractivity contribution in [1.29, 1.82) is 0 Å². The van der Waals surface area contributed by atoms with Gasteiger partial charge in [-0.15, -0.1) is 0 Å². The maximum Gasteiger partial charge on any atom is 0.244 e. The summed E-state index contributed by atoms with van der Waals surface area (Å²) >= 11 is 0. The van der Waals surface area contributed by atoms with Crippen molar-refractivity contribution in [2.45, 2.75) is 33.7 Å². The second-order valence-corrected chi connectivity index (χ2v) is 7.67. The first kappa shape index (κ1) is 21.4. The Morgan fingerprint density at radius 3 is 2.33 bits per heavy atom. The Balaban J connectivity index is 1.77. The number of amides is 1. The molecule has 3 aromatic rings. The molecule has 1 aromatic heterocycles. The van der Waals surface area contributed by atoms with Crippen molar-refractivity contribution in [2.75, 3.05) is 7.11 Å². The molecule has 2 aromatic carbocycles. The van der Waals surface area contributed by atoms with Gasteiger partial charge >= 0.3 is 0 Å². The molecule has 1 amide bonds. The van der Waals surface area contributed by atoms with Crippen LogP contribution < -0.4 is 10.1 Å². The van der Waals surface area contributed by atoms with Gasteiger partial charge < -0.3 is 10.1 Å². The number of hydrogen-bond acceptors (Lipinski definition) is 3. The minimum absolute atomic E-state index is 0.0812. The lowest BCUT2D eigenvalue weighted by Gasteiger charge is -2.22. The Morgan fingerprint density at radius 1 is 1.07 bits per heavy atom. The molecule has 0 radical (unpaired) electrons. The highest BCUT2D eigenvalue weighted by Crippen LogP contribution is 2.24. The molecule has 0 aliphatic carbocycles. The summed E-state index contributed by atoms with van der Waals surface area (Å²) in [6.07, 6.45) is 3.43. The summed E-state index contributed by atoms with van der Waals surface area (Å²) in [6.45, 7) is 8.16. The second kappa shape index (κ2) is 9.44. The first-order valence-corrected chi connectivity index (χ1v) is 10.1. The fourth-order valence-corrected chi connectivity index (χ4v) is 3.52. The monoisotopic (exact) mass is 403 g/mol. The zero-order valence-electron chi connectivity index (χ0n) is 18.2. The van der Waals surface area contributed by atoms with E-state index in [0.717, 1.165) is 34.0 Å². The highest BCUT2D eigenvalue weighted by molar-refractivity contribution is 5.92. The van der Waals surface area contributed by atoms with Crippen LogP contribution in [0.4, 0.5) is 0 Å². The molecule has 0 spiro atoms. The van der Waals surface area contributed by atoms with Gasteiger partial charge in [-0.3, -0.25) is 4.79 Å². The Morgan fingerprint density at radius 2 is 1.73 bits per heavy atom. The van der Waals surface area contributed by atoms with E-state index >= 15 is 0 Å². The molecule has 0 saturated heterocycles. The molecule has 1 atom stereocenters. The van der Waals surface area contributed by atoms with Gasteiger partial charge in [0.2, 0.25) is 5.91 Å². The number of aryl methyl sites for hydroxylation is 1. The van der Waals surface area contributed by atoms with Crippen LogP contribution >= 0.6 is 0 Å². The molecule has 156 valence electrons. The molecule has 0 fully saturated rings. The van der Waals surface area contributed by atoms with Crippen LogP contribution in [-0.4, -0.2) is 22.8 Å². The standard InChI is InChI=1S/C25H29N3O2/c1-17(2)25(20-11-13-22(30-5)14-12-20)26-24(29)16-15-23-18(3)27-28(19(23)4)21-9-7-6-8-10-21/h6-17,25H,1-5H3,(H,26,29)/b16-15+. The molecular weight excluding hydrogens is 374 g/mol. The second-order valence-electron chi connectivity index (χ2n) is 7.67. The van der Waals surface area contributed by atoms with Crippen LogP contribution in [-0.2, 0) is 4.79 Å². The smallest absolute Gasteiger partial charge is 0.244 e. The van der Waals surface area contributed by atoms with Gasteiger partial charge in [-0.1, -0.05) is 44.2 Å². The number of aromatic nitrogens is 2. The molecule has 5 nitrogen and oxygen atoms in total. The van der Waals surface area contributed by atoms with Crippen molar-refractivity contribution in [2.24, 2.45) is 5.92 Å². The quantitative estimate of drug-likeness (QED) is 0.563. The van der Waals surface area contributed by atoms with Gasteiger partial charge in [0, 0.05) is 17.3 Å². The van der Waals surface area contributed by atoms with Crippen molar-refractivity contribution < 1.29 is 9.53 Å². The summed E-state index contributed by atoms with van der Waals surface area (Å²) < 4.78 is 7.13. The van der Waals surface area contributed by atoms with Crippen molar-refractivity contribution in [3.05, 3.63) is 83.2 Å². The summed E-state index contributed by atoms with van der Waals surface area (Å²) in [5.41, 5.74) is 4.90. The zero-order chi connectivity index (χ0) is 21.7. The molecule has 1 heterocycles. The van der Waals surface area contributed by atoms with E-state index in [1.54, 1.807) is 13.2 Å². The number of nitrogens with zero attached hydrogens (tertiary/aromatic N) is 2. The number of hydrogen-bond donors (Lipinski definition) is 1. The van der Waals surface area contributed by atoms with Gasteiger partial charge in [-0.05, 0) is 55.7 Å². The van der Waals surface area contributed by atoms with Crippen molar-refractivity contribution >= 4 is 12.0 Å². The van der Waals surface area contributed by atoms with Crippen LogP contribution in [0.2, 0.25) is 0 Å². The fraction of sp³-hybridized carbons (Fsp3) is 0.280. The van der Waals surface area contributed by atoms with Crippen LogP contribution in [0.3, 0.4) is 0 Å². The number of benzene rings is 2. The van der Waals surface area contributed by atoms with Crippen LogP contribution in [0, 0.1) is 19.8 Å². The van der Waals surface area contributed by atoms with Gasteiger partial charge in [0.1, 0.15) is 5.75 Å². The van der Waals surface area contributed by atoms with Gasteiger partial charge in [-0.2, -0.15) is 5.10 Å². The number of para-hydroxylation sites is 1. The minimum atomic E-state index is -0.129. The number of carbonyl (C=O) groups excluding carboxylic acids is 1. The Hall–Kier alpha value is -3.34. The van der Waals surface area contributed by atoms with E-state index in [0.29, 0.717) is 0 Å². The molecular formula is C25H29N3O2. The van der Waals surface area contributed by atoms with E-state index in [9.17, 15) is 4.79 Å². The molecule has 1 N–H and O–H groups in total. The van der Waals surface area contributed by atoms with E-state index in [1.807, 2.05) is 79.2 Å². The number of nitrogens with one attached hydrogen (secondary N) is 1. The largest absolute Gasteiger partial charge is 0.497 e. The number of rotatable bonds is 7. The lowest BCUT2D eigenvalue weighted by atomic mass is 9.96. The van der Waals surface area contributed by atoms with Crippen LogP contribution in [0.1, 0.15) is 42.4 Å². The highest BCUT2D eigenvalue weighted by Gasteiger charge is 2.18. The predicted octanol–water partition coefficient (Wildman–Crippen LogP) is 5.02. The van der Waals surface area contributed by atoms with E-state index < -0.39 is 0 Å². The van der Waals surface area contributed by atoms with Gasteiger partial charge in [0.15, 0.2) is 0 Å². The van der Waals surface area contributed by atoms with Crippen molar-refractivity contribution in [1.82, 2.24) is 15.1 Å². The average Bonchev–Trinajstić information content (AvgIpc) is 3.04. The molecule has 1 unspecified atom stereocenters. The Labute approximate surface area is 178 Å². The molecule has 0 aliphatic heterocycles. The number of ether oxygens (including phenoxy) is 1. The van der Waals surface area contributed by atoms with E-state index in [2.05, 4.69) is 24.3 Å². The molecule has 30 heavy (non-hydrogen) atoms. The lowest BCUT2D eigenvalue weighted by molar-refractivity contribution is -0.117. The third-order valence-electron chi connectivity index (χ3n) is 5.19. The van der Waals surface area contributed by atoms with Gasteiger partial charge in [0.25, 0.3) is 0 Å². The van der Waals surface area contributed by atoms with Crippen LogP contribution in [0.15, 0.2) is 60.7 Å². The van der Waals surface area contributed by atoms with E-state index in [4.69, 9.17) is 4.74 Å². The Kier molecular flexibility index (Phi) is 6.72.